The number of alkyl halides is 3. The van der Waals surface area contributed by atoms with Crippen LogP contribution in [0.2, 0.25) is 0 Å². The van der Waals surface area contributed by atoms with Crippen LogP contribution in [0.4, 0.5) is 19.0 Å². The quantitative estimate of drug-likeness (QED) is 0.760. The van der Waals surface area contributed by atoms with E-state index >= 15 is 0 Å². The van der Waals surface area contributed by atoms with Gasteiger partial charge in [0, 0.05) is 6.54 Å². The molecule has 0 atom stereocenters. The van der Waals surface area contributed by atoms with Gasteiger partial charge in [-0.1, -0.05) is 6.07 Å². The van der Waals surface area contributed by atoms with Crippen molar-refractivity contribution in [1.82, 2.24) is 19.8 Å². The third-order valence-corrected chi connectivity index (χ3v) is 3.23. The smallest absolute Gasteiger partial charge is 0.453 e. The van der Waals surface area contributed by atoms with Crippen LogP contribution < -0.4 is 10.1 Å². The average molecular weight is 339 g/mol. The molecule has 126 valence electrons. The zero-order chi connectivity index (χ0) is 17.3. The van der Waals surface area contributed by atoms with E-state index in [4.69, 9.17) is 4.74 Å². The first kappa shape index (κ1) is 15.8. The van der Waals surface area contributed by atoms with E-state index in [-0.39, 0.29) is 23.8 Å². The largest absolute Gasteiger partial charge is 0.504 e. The lowest BCUT2D eigenvalue weighted by Crippen LogP contribution is -2.13. The number of methoxy groups -OCH3 is 1. The van der Waals surface area contributed by atoms with E-state index in [0.717, 1.165) is 0 Å². The number of nitrogens with one attached hydrogen (secondary N) is 1. The Kier molecular flexibility index (Phi) is 3.87. The van der Waals surface area contributed by atoms with Gasteiger partial charge in [0.1, 0.15) is 5.82 Å². The fraction of sp³-hybridized carbons (Fsp3) is 0.214. The van der Waals surface area contributed by atoms with Gasteiger partial charge in [-0.25, -0.2) is 0 Å². The van der Waals surface area contributed by atoms with E-state index < -0.39 is 12.0 Å². The number of aromatic hydroxyl groups is 1. The zero-order valence-electron chi connectivity index (χ0n) is 12.4. The predicted octanol–water partition coefficient (Wildman–Crippen LogP) is 2.47. The van der Waals surface area contributed by atoms with E-state index in [1.54, 1.807) is 12.1 Å². The molecule has 2 aromatic heterocycles. The van der Waals surface area contributed by atoms with Crippen LogP contribution in [0.5, 0.6) is 11.5 Å². The van der Waals surface area contributed by atoms with E-state index in [9.17, 15) is 18.3 Å². The highest BCUT2D eigenvalue weighted by molar-refractivity contribution is 5.46. The van der Waals surface area contributed by atoms with Crippen LogP contribution in [-0.4, -0.2) is 32.0 Å². The highest BCUT2D eigenvalue weighted by Gasteiger charge is 2.37. The third kappa shape index (κ3) is 3.03. The lowest BCUT2D eigenvalue weighted by Gasteiger charge is -2.09. The second kappa shape index (κ2) is 5.87. The molecule has 0 aliphatic rings. The molecule has 3 rings (SSSR count). The van der Waals surface area contributed by atoms with Gasteiger partial charge in [-0.15, -0.1) is 15.3 Å². The number of aromatic nitrogens is 4. The van der Waals surface area contributed by atoms with Crippen LogP contribution in [0.25, 0.3) is 5.65 Å². The van der Waals surface area contributed by atoms with Crippen LogP contribution in [0.15, 0.2) is 30.3 Å². The minimum atomic E-state index is -4.65. The Hall–Kier alpha value is -3.04. The highest BCUT2D eigenvalue weighted by atomic mass is 19.4. The standard InChI is InChI=1S/C14H12F3N5O2/c1-24-10-3-2-8(6-9(10)23)7-18-11-4-5-12-19-20-13(14(15,16)17)22(12)21-11/h2-6,23H,7H2,1H3,(H,18,21). The van der Waals surface area contributed by atoms with Gasteiger partial charge in [-0.3, -0.25) is 0 Å². The predicted molar refractivity (Wildman–Crippen MR) is 77.8 cm³/mol. The van der Waals surface area contributed by atoms with Crippen molar-refractivity contribution in [3.8, 4) is 11.5 Å². The molecule has 0 radical (unpaired) electrons. The SMILES string of the molecule is COc1ccc(CNc2ccc3nnc(C(F)(F)F)n3n2)cc1O. The number of nitrogens with zero attached hydrogens (tertiary/aromatic N) is 4. The van der Waals surface area contributed by atoms with E-state index in [1.165, 1.54) is 25.3 Å². The number of halogens is 3. The van der Waals surface area contributed by atoms with Crippen molar-refractivity contribution in [3.05, 3.63) is 41.7 Å². The Balaban J connectivity index is 1.81. The molecule has 0 saturated heterocycles. The summed E-state index contributed by atoms with van der Waals surface area (Å²) in [5, 5.41) is 23.0. The molecule has 3 aromatic rings. The van der Waals surface area contributed by atoms with Gasteiger partial charge in [-0.05, 0) is 29.8 Å². The average Bonchev–Trinajstić information content (AvgIpc) is 2.96. The van der Waals surface area contributed by atoms with Gasteiger partial charge >= 0.3 is 6.18 Å². The molecule has 2 heterocycles. The fourth-order valence-electron chi connectivity index (χ4n) is 2.10. The van der Waals surface area contributed by atoms with E-state index in [0.29, 0.717) is 15.8 Å². The monoisotopic (exact) mass is 339 g/mol. The maximum absolute atomic E-state index is 12.8. The van der Waals surface area contributed by atoms with Gasteiger partial charge < -0.3 is 15.2 Å². The van der Waals surface area contributed by atoms with E-state index in [2.05, 4.69) is 20.6 Å². The van der Waals surface area contributed by atoms with Crippen molar-refractivity contribution in [2.24, 2.45) is 0 Å². The van der Waals surface area contributed by atoms with E-state index in [1.807, 2.05) is 0 Å². The van der Waals surface area contributed by atoms with Crippen LogP contribution in [0, 0.1) is 0 Å². The molecular formula is C14H12F3N5O2. The highest BCUT2D eigenvalue weighted by Crippen LogP contribution is 2.28. The summed E-state index contributed by atoms with van der Waals surface area (Å²) >= 11 is 0. The first-order valence-corrected chi connectivity index (χ1v) is 6.78. The molecule has 0 fully saturated rings. The zero-order valence-corrected chi connectivity index (χ0v) is 12.4. The molecule has 0 saturated carbocycles. The lowest BCUT2D eigenvalue weighted by atomic mass is 10.2. The normalized spacial score (nSPS) is 11.7. The minimum Gasteiger partial charge on any atom is -0.504 e. The molecule has 0 amide bonds. The summed E-state index contributed by atoms with van der Waals surface area (Å²) in [5.74, 6) is -0.678. The molecule has 7 nitrogen and oxygen atoms in total. The van der Waals surface area contributed by atoms with Gasteiger partial charge in [0.25, 0.3) is 5.82 Å². The van der Waals surface area contributed by atoms with Crippen molar-refractivity contribution >= 4 is 11.5 Å². The Morgan fingerprint density at radius 3 is 2.67 bits per heavy atom. The minimum absolute atomic E-state index is 0.00466. The summed E-state index contributed by atoms with van der Waals surface area (Å²) in [6, 6.07) is 7.66. The number of hydrogen-bond donors (Lipinski definition) is 2. The van der Waals surface area contributed by atoms with Gasteiger partial charge in [-0.2, -0.15) is 17.7 Å². The molecular weight excluding hydrogens is 327 g/mol. The second-order valence-electron chi connectivity index (χ2n) is 4.87. The second-order valence-corrected chi connectivity index (χ2v) is 4.87. The fourth-order valence-corrected chi connectivity index (χ4v) is 2.10. The maximum Gasteiger partial charge on any atom is 0.453 e. The number of anilines is 1. The number of ether oxygens (including phenoxy) is 1. The van der Waals surface area contributed by atoms with Crippen molar-refractivity contribution < 1.29 is 23.0 Å². The maximum atomic E-state index is 12.8. The Morgan fingerprint density at radius 2 is 2.00 bits per heavy atom. The first-order valence-electron chi connectivity index (χ1n) is 6.78. The lowest BCUT2D eigenvalue weighted by molar-refractivity contribution is -0.146. The van der Waals surface area contributed by atoms with Gasteiger partial charge in [0.2, 0.25) is 0 Å². The Bertz CT molecular complexity index is 878. The number of hydrogen-bond acceptors (Lipinski definition) is 6. The Morgan fingerprint density at radius 1 is 1.21 bits per heavy atom. The first-order chi connectivity index (χ1) is 11.4. The summed E-state index contributed by atoms with van der Waals surface area (Å²) in [6.07, 6.45) is -4.65. The summed E-state index contributed by atoms with van der Waals surface area (Å²) in [6.45, 7) is 0.250. The van der Waals surface area contributed by atoms with Crippen molar-refractivity contribution in [3.63, 3.8) is 0 Å². The molecule has 1 aromatic carbocycles. The number of fused-ring (bicyclic) bond motifs is 1. The third-order valence-electron chi connectivity index (χ3n) is 3.23. The summed E-state index contributed by atoms with van der Waals surface area (Å²) in [5.41, 5.74) is 0.699. The molecule has 10 heteroatoms. The summed E-state index contributed by atoms with van der Waals surface area (Å²) in [4.78, 5) is 0. The van der Waals surface area contributed by atoms with Crippen LogP contribution in [-0.2, 0) is 12.7 Å². The van der Waals surface area contributed by atoms with Crippen molar-refractivity contribution in [2.45, 2.75) is 12.7 Å². The van der Waals surface area contributed by atoms with Crippen molar-refractivity contribution in [2.75, 3.05) is 12.4 Å². The van der Waals surface area contributed by atoms with Crippen LogP contribution in [0.1, 0.15) is 11.4 Å². The molecule has 24 heavy (non-hydrogen) atoms. The molecule has 0 unspecified atom stereocenters. The van der Waals surface area contributed by atoms with Crippen LogP contribution in [0.3, 0.4) is 0 Å². The molecule has 0 spiro atoms. The molecule has 0 aliphatic carbocycles. The topological polar surface area (TPSA) is 84.6 Å². The number of phenolic OH excluding ortho intramolecular Hbond substituents is 1. The van der Waals surface area contributed by atoms with Crippen LogP contribution >= 0.6 is 0 Å². The number of benzene rings is 1. The number of rotatable bonds is 4. The Labute approximate surface area is 133 Å². The summed E-state index contributed by atoms with van der Waals surface area (Å²) < 4.78 is 44.1. The van der Waals surface area contributed by atoms with Gasteiger partial charge in [0.05, 0.1) is 7.11 Å². The van der Waals surface area contributed by atoms with Gasteiger partial charge in [0.15, 0.2) is 17.1 Å². The molecule has 2 N–H and O–H groups in total. The summed E-state index contributed by atoms with van der Waals surface area (Å²) in [7, 11) is 1.43. The molecule has 0 aliphatic heterocycles. The van der Waals surface area contributed by atoms with Crippen molar-refractivity contribution in [1.29, 1.82) is 0 Å². The molecule has 0 bridgehead atoms. The number of phenols is 1.